The first-order chi connectivity index (χ1) is 10.1. The number of fused-ring (bicyclic) bond motifs is 1. The average molecular weight is 306 g/mol. The minimum absolute atomic E-state index is 0.0925. The van der Waals surface area contributed by atoms with Crippen molar-refractivity contribution in [2.24, 2.45) is 0 Å². The van der Waals surface area contributed by atoms with Gasteiger partial charge in [-0.15, -0.1) is 0 Å². The van der Waals surface area contributed by atoms with Crippen molar-refractivity contribution in [2.75, 3.05) is 5.32 Å². The topological polar surface area (TPSA) is 72.5 Å². The van der Waals surface area contributed by atoms with Gasteiger partial charge in [-0.3, -0.25) is 0 Å². The lowest BCUT2D eigenvalue weighted by Gasteiger charge is -2.05. The van der Waals surface area contributed by atoms with E-state index in [1.54, 1.807) is 30.6 Å². The van der Waals surface area contributed by atoms with Crippen LogP contribution in [-0.4, -0.2) is 14.3 Å². The SMILES string of the molecule is Cc1cc(CNc2nc3sccn3c2[N+](=O)[O-])ccc1F. The number of imidazole rings is 1. The highest BCUT2D eigenvalue weighted by Crippen LogP contribution is 2.28. The van der Waals surface area contributed by atoms with Crippen LogP contribution in [0.3, 0.4) is 0 Å². The zero-order valence-electron chi connectivity index (χ0n) is 11.0. The Hall–Kier alpha value is -2.48. The third-order valence-corrected chi connectivity index (χ3v) is 3.85. The number of nitro groups is 1. The maximum absolute atomic E-state index is 13.2. The number of benzene rings is 1. The fraction of sp³-hybridized carbons (Fsp3) is 0.154. The van der Waals surface area contributed by atoms with Crippen molar-refractivity contribution in [1.82, 2.24) is 9.38 Å². The molecule has 6 nitrogen and oxygen atoms in total. The van der Waals surface area contributed by atoms with Crippen molar-refractivity contribution in [3.63, 3.8) is 0 Å². The number of hydrogen-bond donors (Lipinski definition) is 1. The summed E-state index contributed by atoms with van der Waals surface area (Å²) in [5.74, 6) is -0.147. The van der Waals surface area contributed by atoms with Gasteiger partial charge in [0.05, 0.1) is 0 Å². The van der Waals surface area contributed by atoms with Crippen LogP contribution in [0.1, 0.15) is 11.1 Å². The molecule has 2 heterocycles. The van der Waals surface area contributed by atoms with Crippen molar-refractivity contribution >= 4 is 27.9 Å². The van der Waals surface area contributed by atoms with Crippen LogP contribution in [0.2, 0.25) is 0 Å². The molecule has 0 amide bonds. The molecule has 0 saturated heterocycles. The monoisotopic (exact) mass is 306 g/mol. The number of aromatic nitrogens is 2. The molecular formula is C13H11FN4O2S. The lowest BCUT2D eigenvalue weighted by molar-refractivity contribution is -0.389. The van der Waals surface area contributed by atoms with E-state index in [0.717, 1.165) is 5.56 Å². The molecule has 1 aromatic carbocycles. The Morgan fingerprint density at radius 1 is 1.52 bits per heavy atom. The summed E-state index contributed by atoms with van der Waals surface area (Å²) < 4.78 is 14.6. The molecule has 0 fully saturated rings. The van der Waals surface area contributed by atoms with Crippen LogP contribution in [0.25, 0.3) is 4.96 Å². The van der Waals surface area contributed by atoms with E-state index in [0.29, 0.717) is 17.1 Å². The number of anilines is 1. The summed E-state index contributed by atoms with van der Waals surface area (Å²) in [5.41, 5.74) is 1.37. The summed E-state index contributed by atoms with van der Waals surface area (Å²) in [4.78, 5) is 15.5. The van der Waals surface area contributed by atoms with E-state index in [1.165, 1.54) is 21.8 Å². The molecule has 0 atom stereocenters. The lowest BCUT2D eigenvalue weighted by Crippen LogP contribution is -2.03. The van der Waals surface area contributed by atoms with Crippen molar-refractivity contribution in [3.8, 4) is 0 Å². The number of hydrogen-bond acceptors (Lipinski definition) is 5. The molecule has 0 aliphatic rings. The summed E-state index contributed by atoms with van der Waals surface area (Å²) in [7, 11) is 0. The van der Waals surface area contributed by atoms with E-state index in [-0.39, 0.29) is 17.5 Å². The Bertz CT molecular complexity index is 827. The Morgan fingerprint density at radius 3 is 3.05 bits per heavy atom. The fourth-order valence-electron chi connectivity index (χ4n) is 2.07. The highest BCUT2D eigenvalue weighted by atomic mass is 32.1. The number of halogens is 1. The van der Waals surface area contributed by atoms with Gasteiger partial charge in [0.1, 0.15) is 12.0 Å². The highest BCUT2D eigenvalue weighted by Gasteiger charge is 2.23. The first kappa shape index (κ1) is 13.5. The summed E-state index contributed by atoms with van der Waals surface area (Å²) in [6.07, 6.45) is 1.61. The van der Waals surface area contributed by atoms with Gasteiger partial charge in [-0.2, -0.15) is 9.38 Å². The minimum Gasteiger partial charge on any atom is -0.359 e. The maximum atomic E-state index is 13.2. The second kappa shape index (κ2) is 5.13. The van der Waals surface area contributed by atoms with E-state index in [2.05, 4.69) is 10.3 Å². The van der Waals surface area contributed by atoms with Crippen LogP contribution in [0.5, 0.6) is 0 Å². The standard InChI is InChI=1S/C13H11FN4O2S/c1-8-6-9(2-3-10(8)14)7-15-11-12(18(19)20)17-4-5-21-13(17)16-11/h2-6,15H,7H2,1H3. The molecule has 3 aromatic rings. The van der Waals surface area contributed by atoms with E-state index >= 15 is 0 Å². The highest BCUT2D eigenvalue weighted by molar-refractivity contribution is 7.15. The Morgan fingerprint density at radius 2 is 2.33 bits per heavy atom. The van der Waals surface area contributed by atoms with Crippen molar-refractivity contribution in [2.45, 2.75) is 13.5 Å². The van der Waals surface area contributed by atoms with Crippen LogP contribution >= 0.6 is 11.3 Å². The predicted molar refractivity (Wildman–Crippen MR) is 78.2 cm³/mol. The van der Waals surface area contributed by atoms with Crippen LogP contribution in [0.4, 0.5) is 16.0 Å². The van der Waals surface area contributed by atoms with Gasteiger partial charge in [-0.25, -0.2) is 4.39 Å². The van der Waals surface area contributed by atoms with Gasteiger partial charge in [0.25, 0.3) is 4.96 Å². The largest absolute Gasteiger partial charge is 0.372 e. The number of thiazole rings is 1. The average Bonchev–Trinajstić information content (AvgIpc) is 2.99. The quantitative estimate of drug-likeness (QED) is 0.592. The number of rotatable bonds is 4. The number of nitrogens with zero attached hydrogens (tertiary/aromatic N) is 3. The molecule has 0 bridgehead atoms. The van der Waals surface area contributed by atoms with Gasteiger partial charge in [0.15, 0.2) is 0 Å². The Labute approximate surface area is 123 Å². The van der Waals surface area contributed by atoms with E-state index in [4.69, 9.17) is 0 Å². The Balaban J connectivity index is 1.87. The zero-order chi connectivity index (χ0) is 15.0. The summed E-state index contributed by atoms with van der Waals surface area (Å²) in [6.45, 7) is 2.01. The molecule has 3 rings (SSSR count). The van der Waals surface area contributed by atoms with Crippen molar-refractivity contribution in [3.05, 3.63) is 56.8 Å². The Kier molecular flexibility index (Phi) is 3.30. The van der Waals surface area contributed by atoms with E-state index < -0.39 is 4.92 Å². The number of nitrogens with one attached hydrogen (secondary N) is 1. The third kappa shape index (κ3) is 2.45. The fourth-order valence-corrected chi connectivity index (χ4v) is 2.78. The molecule has 2 aromatic heterocycles. The van der Waals surface area contributed by atoms with Crippen LogP contribution in [0.15, 0.2) is 29.8 Å². The van der Waals surface area contributed by atoms with Gasteiger partial charge in [-0.05, 0) is 29.0 Å². The van der Waals surface area contributed by atoms with Gasteiger partial charge in [0.2, 0.25) is 5.82 Å². The first-order valence-electron chi connectivity index (χ1n) is 6.15. The molecule has 1 N–H and O–H groups in total. The maximum Gasteiger partial charge on any atom is 0.372 e. The van der Waals surface area contributed by atoms with E-state index in [9.17, 15) is 14.5 Å². The van der Waals surface area contributed by atoms with Gasteiger partial charge in [0, 0.05) is 11.9 Å². The smallest absolute Gasteiger partial charge is 0.359 e. The molecule has 0 spiro atoms. The molecule has 0 radical (unpaired) electrons. The molecule has 0 saturated carbocycles. The summed E-state index contributed by atoms with van der Waals surface area (Å²) in [5, 5.41) is 15.8. The minimum atomic E-state index is -0.467. The first-order valence-corrected chi connectivity index (χ1v) is 7.03. The van der Waals surface area contributed by atoms with Gasteiger partial charge in [-0.1, -0.05) is 23.5 Å². The van der Waals surface area contributed by atoms with Crippen molar-refractivity contribution < 1.29 is 9.31 Å². The zero-order valence-corrected chi connectivity index (χ0v) is 11.9. The van der Waals surface area contributed by atoms with Gasteiger partial charge >= 0.3 is 5.82 Å². The molecule has 108 valence electrons. The summed E-state index contributed by atoms with van der Waals surface area (Å²) in [6, 6.07) is 4.72. The van der Waals surface area contributed by atoms with Crippen LogP contribution in [0, 0.1) is 22.9 Å². The van der Waals surface area contributed by atoms with Crippen molar-refractivity contribution in [1.29, 1.82) is 0 Å². The molecule has 0 unspecified atom stereocenters. The lowest BCUT2D eigenvalue weighted by atomic mass is 10.1. The van der Waals surface area contributed by atoms with E-state index in [1.807, 2.05) is 0 Å². The second-order valence-corrected chi connectivity index (χ2v) is 5.41. The third-order valence-electron chi connectivity index (χ3n) is 3.09. The number of aryl methyl sites for hydroxylation is 1. The summed E-state index contributed by atoms with van der Waals surface area (Å²) >= 11 is 1.32. The van der Waals surface area contributed by atoms with Crippen LogP contribution in [-0.2, 0) is 6.54 Å². The van der Waals surface area contributed by atoms with Crippen LogP contribution < -0.4 is 5.32 Å². The normalized spacial score (nSPS) is 11.0. The van der Waals surface area contributed by atoms with Gasteiger partial charge < -0.3 is 15.4 Å². The molecule has 0 aliphatic heterocycles. The molecule has 21 heavy (non-hydrogen) atoms. The molecule has 8 heteroatoms. The second-order valence-electron chi connectivity index (χ2n) is 4.53. The predicted octanol–water partition coefficient (Wildman–Crippen LogP) is 3.36. The molecule has 0 aliphatic carbocycles. The molecular weight excluding hydrogens is 295 g/mol.